The van der Waals surface area contributed by atoms with Gasteiger partial charge in [0.2, 0.25) is 0 Å². The van der Waals surface area contributed by atoms with E-state index in [2.05, 4.69) is 42.3 Å². The molecule has 0 fully saturated rings. The van der Waals surface area contributed by atoms with Crippen LogP contribution in [0.15, 0.2) is 48.5 Å². The first-order valence-corrected chi connectivity index (χ1v) is 7.67. The number of carbonyl (C=O) groups excluding carboxylic acids is 1. The van der Waals surface area contributed by atoms with Gasteiger partial charge in [-0.1, -0.05) is 44.2 Å². The summed E-state index contributed by atoms with van der Waals surface area (Å²) in [7, 11) is 1.93. The van der Waals surface area contributed by atoms with Gasteiger partial charge in [0, 0.05) is 35.9 Å². The van der Waals surface area contributed by atoms with Crippen LogP contribution in [0, 0.1) is 0 Å². The average molecular weight is 294 g/mol. The number of nitrogens with one attached hydrogen (secondary N) is 1. The summed E-state index contributed by atoms with van der Waals surface area (Å²) in [6.45, 7) is 5.77. The number of ketones is 1. The lowest BCUT2D eigenvalue weighted by molar-refractivity contribution is 0.0999. The number of anilines is 2. The Hall–Kier alpha value is -2.29. The highest BCUT2D eigenvalue weighted by Crippen LogP contribution is 2.41. The minimum Gasteiger partial charge on any atom is -0.388 e. The second-order valence-electron chi connectivity index (χ2n) is 6.51. The molecule has 2 aromatic rings. The van der Waals surface area contributed by atoms with Crippen LogP contribution in [0.4, 0.5) is 11.4 Å². The number of Topliss-reactive ketones (excluding diaryl/α,β-unsaturated/α-hetero) is 1. The molecule has 0 saturated heterocycles. The van der Waals surface area contributed by atoms with Gasteiger partial charge in [-0.15, -0.1) is 0 Å². The van der Waals surface area contributed by atoms with Crippen molar-refractivity contribution in [1.29, 1.82) is 0 Å². The minimum absolute atomic E-state index is 0.0547. The van der Waals surface area contributed by atoms with Gasteiger partial charge in [0.1, 0.15) is 0 Å². The highest BCUT2D eigenvalue weighted by molar-refractivity contribution is 5.99. The molecule has 0 amide bonds. The van der Waals surface area contributed by atoms with Crippen LogP contribution in [0.3, 0.4) is 0 Å². The summed E-state index contributed by atoms with van der Waals surface area (Å²) in [6.07, 6.45) is 0. The molecule has 1 N–H and O–H groups in total. The minimum atomic E-state index is 0.0547. The zero-order chi connectivity index (χ0) is 15.7. The monoisotopic (exact) mass is 294 g/mol. The quantitative estimate of drug-likeness (QED) is 0.873. The van der Waals surface area contributed by atoms with Crippen LogP contribution in [-0.2, 0) is 5.41 Å². The zero-order valence-corrected chi connectivity index (χ0v) is 13.4. The van der Waals surface area contributed by atoms with Gasteiger partial charge in [-0.2, -0.15) is 0 Å². The molecule has 0 spiro atoms. The van der Waals surface area contributed by atoms with Gasteiger partial charge in [0.25, 0.3) is 0 Å². The summed E-state index contributed by atoms with van der Waals surface area (Å²) < 4.78 is 0. The first-order chi connectivity index (χ1) is 10.5. The van der Waals surface area contributed by atoms with Crippen LogP contribution in [-0.4, -0.2) is 25.9 Å². The third kappa shape index (κ3) is 2.59. The van der Waals surface area contributed by atoms with E-state index in [0.717, 1.165) is 17.8 Å². The molecule has 1 aliphatic heterocycles. The first kappa shape index (κ1) is 14.6. The molecule has 0 bridgehead atoms. The molecule has 0 saturated carbocycles. The Kier molecular flexibility index (Phi) is 3.65. The standard InChI is InChI=1S/C19H22N2O/c1-19(2)13-21(12-18(22)14-7-5-4-6-8-14)17-10-9-15(20-3)11-16(17)19/h4-11,20H,12-13H2,1-3H3. The summed E-state index contributed by atoms with van der Waals surface area (Å²) in [5.74, 6) is 0.168. The van der Waals surface area contributed by atoms with E-state index < -0.39 is 0 Å². The maximum absolute atomic E-state index is 12.5. The van der Waals surface area contributed by atoms with Crippen LogP contribution in [0.25, 0.3) is 0 Å². The fourth-order valence-corrected chi connectivity index (χ4v) is 3.19. The fraction of sp³-hybridized carbons (Fsp3) is 0.316. The number of benzene rings is 2. The molecule has 0 radical (unpaired) electrons. The van der Waals surface area contributed by atoms with Gasteiger partial charge in [0.05, 0.1) is 6.54 Å². The molecule has 3 rings (SSSR count). The van der Waals surface area contributed by atoms with Crippen molar-refractivity contribution in [3.63, 3.8) is 0 Å². The van der Waals surface area contributed by atoms with E-state index in [0.29, 0.717) is 6.54 Å². The molecule has 3 heteroatoms. The van der Waals surface area contributed by atoms with Crippen molar-refractivity contribution in [2.24, 2.45) is 0 Å². The molecule has 22 heavy (non-hydrogen) atoms. The second-order valence-corrected chi connectivity index (χ2v) is 6.51. The van der Waals surface area contributed by atoms with Gasteiger partial charge in [0.15, 0.2) is 5.78 Å². The Morgan fingerprint density at radius 2 is 1.91 bits per heavy atom. The highest BCUT2D eigenvalue weighted by atomic mass is 16.1. The van der Waals surface area contributed by atoms with Crippen molar-refractivity contribution in [2.45, 2.75) is 19.3 Å². The Morgan fingerprint density at radius 1 is 1.18 bits per heavy atom. The number of fused-ring (bicyclic) bond motifs is 1. The molecule has 0 aromatic heterocycles. The molecule has 0 aliphatic carbocycles. The smallest absolute Gasteiger partial charge is 0.182 e. The van der Waals surface area contributed by atoms with E-state index in [1.54, 1.807) is 0 Å². The second kappa shape index (κ2) is 5.48. The van der Waals surface area contributed by atoms with E-state index in [1.807, 2.05) is 37.4 Å². The Morgan fingerprint density at radius 3 is 2.59 bits per heavy atom. The molecular weight excluding hydrogens is 272 g/mol. The lowest BCUT2D eigenvalue weighted by Gasteiger charge is -2.21. The van der Waals surface area contributed by atoms with Gasteiger partial charge in [-0.05, 0) is 23.8 Å². The van der Waals surface area contributed by atoms with Crippen molar-refractivity contribution >= 4 is 17.2 Å². The van der Waals surface area contributed by atoms with Crippen molar-refractivity contribution in [3.8, 4) is 0 Å². The van der Waals surface area contributed by atoms with Crippen LogP contribution < -0.4 is 10.2 Å². The van der Waals surface area contributed by atoms with Crippen molar-refractivity contribution < 1.29 is 4.79 Å². The highest BCUT2D eigenvalue weighted by Gasteiger charge is 2.35. The number of hydrogen-bond acceptors (Lipinski definition) is 3. The molecule has 114 valence electrons. The predicted molar refractivity (Wildman–Crippen MR) is 92.0 cm³/mol. The van der Waals surface area contributed by atoms with Gasteiger partial charge in [-0.25, -0.2) is 0 Å². The van der Waals surface area contributed by atoms with E-state index >= 15 is 0 Å². The average Bonchev–Trinajstić information content (AvgIpc) is 2.78. The third-order valence-electron chi connectivity index (χ3n) is 4.37. The molecule has 3 nitrogen and oxygen atoms in total. The summed E-state index contributed by atoms with van der Waals surface area (Å²) in [4.78, 5) is 14.7. The normalized spacial score (nSPS) is 15.5. The molecule has 2 aromatic carbocycles. The number of nitrogens with zero attached hydrogens (tertiary/aromatic N) is 1. The largest absolute Gasteiger partial charge is 0.388 e. The fourth-order valence-electron chi connectivity index (χ4n) is 3.19. The van der Waals surface area contributed by atoms with Crippen LogP contribution in [0.1, 0.15) is 29.8 Å². The Bertz CT molecular complexity index is 692. The predicted octanol–water partition coefficient (Wildman–Crippen LogP) is 3.71. The summed E-state index contributed by atoms with van der Waals surface area (Å²) in [6, 6.07) is 15.9. The zero-order valence-electron chi connectivity index (χ0n) is 13.4. The van der Waals surface area contributed by atoms with E-state index in [9.17, 15) is 4.79 Å². The topological polar surface area (TPSA) is 32.3 Å². The van der Waals surface area contributed by atoms with Crippen LogP contribution in [0.2, 0.25) is 0 Å². The molecular formula is C19H22N2O. The third-order valence-corrected chi connectivity index (χ3v) is 4.37. The van der Waals surface area contributed by atoms with Gasteiger partial charge in [-0.3, -0.25) is 4.79 Å². The van der Waals surface area contributed by atoms with Crippen molar-refractivity contribution in [3.05, 3.63) is 59.7 Å². The summed E-state index contributed by atoms with van der Waals surface area (Å²) in [5.41, 5.74) is 4.43. The Balaban J connectivity index is 1.87. The molecule has 1 aliphatic rings. The van der Waals surface area contributed by atoms with Crippen LogP contribution >= 0.6 is 0 Å². The Labute approximate surface area is 132 Å². The van der Waals surface area contributed by atoms with E-state index in [1.165, 1.54) is 11.3 Å². The summed E-state index contributed by atoms with van der Waals surface area (Å²) in [5, 5.41) is 3.19. The molecule has 1 heterocycles. The van der Waals surface area contributed by atoms with Crippen molar-refractivity contribution in [2.75, 3.05) is 30.4 Å². The van der Waals surface area contributed by atoms with Crippen LogP contribution in [0.5, 0.6) is 0 Å². The lowest BCUT2D eigenvalue weighted by Crippen LogP contribution is -2.32. The number of hydrogen-bond donors (Lipinski definition) is 1. The number of carbonyl (C=O) groups is 1. The first-order valence-electron chi connectivity index (χ1n) is 7.67. The SMILES string of the molecule is CNc1ccc2c(c1)C(C)(C)CN2CC(=O)c1ccccc1. The van der Waals surface area contributed by atoms with Gasteiger partial charge < -0.3 is 10.2 Å². The maximum Gasteiger partial charge on any atom is 0.182 e. The lowest BCUT2D eigenvalue weighted by atomic mass is 9.87. The van der Waals surface area contributed by atoms with E-state index in [4.69, 9.17) is 0 Å². The molecule has 0 unspecified atom stereocenters. The van der Waals surface area contributed by atoms with E-state index in [-0.39, 0.29) is 11.2 Å². The van der Waals surface area contributed by atoms with Crippen molar-refractivity contribution in [1.82, 2.24) is 0 Å². The maximum atomic E-state index is 12.5. The summed E-state index contributed by atoms with van der Waals surface area (Å²) >= 11 is 0. The van der Waals surface area contributed by atoms with Gasteiger partial charge >= 0.3 is 0 Å². The number of rotatable bonds is 4. The molecule has 0 atom stereocenters.